The maximum Gasteiger partial charge on any atom is 0.416 e. The molecule has 82 valence electrons. The molecule has 1 aromatic rings. The second-order valence-corrected chi connectivity index (χ2v) is 3.51. The van der Waals surface area contributed by atoms with E-state index in [1.165, 1.54) is 12.1 Å². The Morgan fingerprint density at radius 3 is 2.20 bits per heavy atom. The molecule has 0 saturated heterocycles. The fraction of sp³-hybridized carbons (Fsp3) is 0.364. The van der Waals surface area contributed by atoms with Gasteiger partial charge in [0.15, 0.2) is 0 Å². The van der Waals surface area contributed by atoms with Crippen LogP contribution in [0.15, 0.2) is 24.3 Å². The summed E-state index contributed by atoms with van der Waals surface area (Å²) in [4.78, 5) is 10.4. The minimum absolute atomic E-state index is 0.165. The third-order valence-corrected chi connectivity index (χ3v) is 2.07. The minimum Gasteiger partial charge on any atom is -0.303 e. The molecule has 0 N–H and O–H groups in total. The molecule has 15 heavy (non-hydrogen) atoms. The van der Waals surface area contributed by atoms with Gasteiger partial charge in [0.05, 0.1) is 5.56 Å². The number of carbonyl (C=O) groups is 1. The van der Waals surface area contributed by atoms with E-state index in [9.17, 15) is 18.0 Å². The van der Waals surface area contributed by atoms with Crippen molar-refractivity contribution in [2.24, 2.45) is 5.92 Å². The summed E-state index contributed by atoms with van der Waals surface area (Å²) in [5.41, 5.74) is 0.0765. The Hall–Kier alpha value is -1.32. The molecule has 0 heterocycles. The van der Waals surface area contributed by atoms with Crippen molar-refractivity contribution in [2.75, 3.05) is 0 Å². The summed E-state index contributed by atoms with van der Waals surface area (Å²) in [5, 5.41) is 0. The van der Waals surface area contributed by atoms with Crippen LogP contribution in [0, 0.1) is 5.92 Å². The fourth-order valence-corrected chi connectivity index (χ4v) is 1.25. The molecule has 0 aromatic heterocycles. The molecule has 1 rings (SSSR count). The number of benzene rings is 1. The van der Waals surface area contributed by atoms with Gasteiger partial charge < -0.3 is 4.79 Å². The third kappa shape index (κ3) is 3.38. The Kier molecular flexibility index (Phi) is 3.50. The summed E-state index contributed by atoms with van der Waals surface area (Å²) in [6, 6.07) is 4.88. The second-order valence-electron chi connectivity index (χ2n) is 3.51. The van der Waals surface area contributed by atoms with Gasteiger partial charge in [0.2, 0.25) is 0 Å². The predicted octanol–water partition coefficient (Wildman–Crippen LogP) is 3.08. The van der Waals surface area contributed by atoms with Crippen molar-refractivity contribution in [2.45, 2.75) is 19.5 Å². The maximum atomic E-state index is 12.2. The van der Waals surface area contributed by atoms with Crippen LogP contribution >= 0.6 is 0 Å². The average molecular weight is 216 g/mol. The number of hydrogen-bond donors (Lipinski definition) is 0. The van der Waals surface area contributed by atoms with E-state index in [-0.39, 0.29) is 5.92 Å². The van der Waals surface area contributed by atoms with Crippen molar-refractivity contribution in [3.8, 4) is 0 Å². The number of rotatable bonds is 3. The predicted molar refractivity (Wildman–Crippen MR) is 50.4 cm³/mol. The number of carbonyl (C=O) groups excluding carboxylic acids is 1. The number of halogens is 3. The Labute approximate surface area is 85.9 Å². The van der Waals surface area contributed by atoms with Crippen molar-refractivity contribution in [3.63, 3.8) is 0 Å². The van der Waals surface area contributed by atoms with Crippen LogP contribution in [0.2, 0.25) is 0 Å². The highest BCUT2D eigenvalue weighted by atomic mass is 19.4. The van der Waals surface area contributed by atoms with Crippen molar-refractivity contribution in [1.82, 2.24) is 0 Å². The first kappa shape index (κ1) is 11.8. The summed E-state index contributed by atoms with van der Waals surface area (Å²) in [6.07, 6.45) is -3.03. The normalized spacial score (nSPS) is 13.6. The first-order valence-corrected chi connectivity index (χ1v) is 4.55. The lowest BCUT2D eigenvalue weighted by Gasteiger charge is -2.08. The lowest BCUT2D eigenvalue weighted by molar-refractivity contribution is -0.137. The zero-order valence-electron chi connectivity index (χ0n) is 8.21. The van der Waals surface area contributed by atoms with Gasteiger partial charge in [0.1, 0.15) is 6.29 Å². The summed E-state index contributed by atoms with van der Waals surface area (Å²) in [7, 11) is 0. The first-order chi connectivity index (χ1) is 6.93. The van der Waals surface area contributed by atoms with Crippen LogP contribution in [-0.2, 0) is 17.4 Å². The van der Waals surface area contributed by atoms with E-state index in [1.54, 1.807) is 6.92 Å². The Morgan fingerprint density at radius 1 is 1.27 bits per heavy atom. The highest BCUT2D eigenvalue weighted by molar-refractivity contribution is 5.53. The monoisotopic (exact) mass is 216 g/mol. The number of aldehydes is 1. The van der Waals surface area contributed by atoms with E-state index in [0.717, 1.165) is 24.0 Å². The third-order valence-electron chi connectivity index (χ3n) is 2.07. The molecule has 0 aliphatic rings. The molecule has 0 aliphatic heterocycles. The smallest absolute Gasteiger partial charge is 0.303 e. The molecular weight excluding hydrogens is 205 g/mol. The summed E-state index contributed by atoms with van der Waals surface area (Å²) >= 11 is 0. The van der Waals surface area contributed by atoms with E-state index in [1.807, 2.05) is 0 Å². The van der Waals surface area contributed by atoms with Crippen LogP contribution in [0.5, 0.6) is 0 Å². The Balaban J connectivity index is 2.77. The molecule has 0 saturated carbocycles. The van der Waals surface area contributed by atoms with Crippen LogP contribution in [-0.4, -0.2) is 6.29 Å². The highest BCUT2D eigenvalue weighted by Gasteiger charge is 2.29. The average Bonchev–Trinajstić information content (AvgIpc) is 2.17. The largest absolute Gasteiger partial charge is 0.416 e. The van der Waals surface area contributed by atoms with Crippen molar-refractivity contribution in [1.29, 1.82) is 0 Å². The van der Waals surface area contributed by atoms with Gasteiger partial charge in [0.25, 0.3) is 0 Å². The van der Waals surface area contributed by atoms with Crippen molar-refractivity contribution >= 4 is 6.29 Å². The molecule has 0 radical (unpaired) electrons. The molecule has 0 spiro atoms. The van der Waals surface area contributed by atoms with Gasteiger partial charge >= 0.3 is 6.18 Å². The molecule has 0 fully saturated rings. The number of hydrogen-bond acceptors (Lipinski definition) is 1. The summed E-state index contributed by atoms with van der Waals surface area (Å²) < 4.78 is 36.6. The van der Waals surface area contributed by atoms with Crippen LogP contribution in [0.25, 0.3) is 0 Å². The van der Waals surface area contributed by atoms with E-state index in [2.05, 4.69) is 0 Å². The minimum atomic E-state index is -4.30. The Morgan fingerprint density at radius 2 is 1.80 bits per heavy atom. The van der Waals surface area contributed by atoms with Gasteiger partial charge in [-0.25, -0.2) is 0 Å². The summed E-state index contributed by atoms with van der Waals surface area (Å²) in [6.45, 7) is 1.73. The quantitative estimate of drug-likeness (QED) is 0.709. The van der Waals surface area contributed by atoms with Gasteiger partial charge in [0, 0.05) is 5.92 Å². The van der Waals surface area contributed by atoms with Gasteiger partial charge in [-0.05, 0) is 24.1 Å². The molecule has 1 aromatic carbocycles. The first-order valence-electron chi connectivity index (χ1n) is 4.55. The maximum absolute atomic E-state index is 12.2. The molecule has 1 nitrogen and oxygen atoms in total. The SMILES string of the molecule is CC(C=O)Cc1ccc(C(F)(F)F)cc1. The van der Waals surface area contributed by atoms with Crippen LogP contribution in [0.3, 0.4) is 0 Å². The standard InChI is InChI=1S/C11H11F3O/c1-8(7-15)6-9-2-4-10(5-3-9)11(12,13)14/h2-5,7-8H,6H2,1H3. The molecule has 0 amide bonds. The van der Waals surface area contributed by atoms with Crippen molar-refractivity contribution in [3.05, 3.63) is 35.4 Å². The molecule has 0 aliphatic carbocycles. The molecule has 4 heteroatoms. The molecule has 0 bridgehead atoms. The van der Waals surface area contributed by atoms with Crippen molar-refractivity contribution < 1.29 is 18.0 Å². The van der Waals surface area contributed by atoms with E-state index >= 15 is 0 Å². The lowest BCUT2D eigenvalue weighted by atomic mass is 10.0. The van der Waals surface area contributed by atoms with E-state index < -0.39 is 11.7 Å². The topological polar surface area (TPSA) is 17.1 Å². The van der Waals surface area contributed by atoms with Crippen LogP contribution in [0.1, 0.15) is 18.1 Å². The van der Waals surface area contributed by atoms with E-state index in [0.29, 0.717) is 6.42 Å². The van der Waals surface area contributed by atoms with Gasteiger partial charge in [-0.3, -0.25) is 0 Å². The van der Waals surface area contributed by atoms with Gasteiger partial charge in [-0.2, -0.15) is 13.2 Å². The highest BCUT2D eigenvalue weighted by Crippen LogP contribution is 2.29. The fourth-order valence-electron chi connectivity index (χ4n) is 1.25. The van der Waals surface area contributed by atoms with E-state index in [4.69, 9.17) is 0 Å². The van der Waals surface area contributed by atoms with Crippen LogP contribution in [0.4, 0.5) is 13.2 Å². The second kappa shape index (κ2) is 4.47. The zero-order valence-corrected chi connectivity index (χ0v) is 8.21. The molecular formula is C11H11F3O. The van der Waals surface area contributed by atoms with Gasteiger partial charge in [-0.1, -0.05) is 19.1 Å². The van der Waals surface area contributed by atoms with Crippen LogP contribution < -0.4 is 0 Å². The Bertz CT molecular complexity index is 327. The number of alkyl halides is 3. The van der Waals surface area contributed by atoms with Gasteiger partial charge in [-0.15, -0.1) is 0 Å². The summed E-state index contributed by atoms with van der Waals surface area (Å²) in [5.74, 6) is -0.165. The molecule has 1 unspecified atom stereocenters. The lowest BCUT2D eigenvalue weighted by Crippen LogP contribution is -2.05. The molecule has 1 atom stereocenters. The zero-order chi connectivity index (χ0) is 11.5.